The molecular formula is C27H28N4OS. The monoisotopic (exact) mass is 456 g/mol. The number of carbonyl (C=O) groups excluding carboxylic acids is 1. The lowest BCUT2D eigenvalue weighted by atomic mass is 10.1. The summed E-state index contributed by atoms with van der Waals surface area (Å²) in [7, 11) is 0. The highest BCUT2D eigenvalue weighted by molar-refractivity contribution is 7.18. The second-order valence-corrected chi connectivity index (χ2v) is 9.94. The average Bonchev–Trinajstić information content (AvgIpc) is 3.12. The number of fused-ring (bicyclic) bond motifs is 1. The van der Waals surface area contributed by atoms with E-state index in [1.165, 1.54) is 16.0 Å². The van der Waals surface area contributed by atoms with Crippen molar-refractivity contribution in [3.05, 3.63) is 87.6 Å². The Morgan fingerprint density at radius 2 is 1.61 bits per heavy atom. The molecule has 1 saturated heterocycles. The summed E-state index contributed by atoms with van der Waals surface area (Å²) in [5.41, 5.74) is 4.39. The van der Waals surface area contributed by atoms with E-state index in [0.717, 1.165) is 46.1 Å². The first-order valence-electron chi connectivity index (χ1n) is 11.4. The van der Waals surface area contributed by atoms with Crippen molar-refractivity contribution in [2.24, 2.45) is 0 Å². The number of nitrogens with zero attached hydrogens (tertiary/aromatic N) is 4. The molecule has 6 heteroatoms. The third-order valence-electron chi connectivity index (χ3n) is 6.43. The number of amides is 1. The van der Waals surface area contributed by atoms with Crippen LogP contribution in [0.1, 0.15) is 37.7 Å². The maximum Gasteiger partial charge on any atom is 0.253 e. The molecule has 168 valence electrons. The van der Waals surface area contributed by atoms with Crippen molar-refractivity contribution in [3.8, 4) is 0 Å². The van der Waals surface area contributed by atoms with Gasteiger partial charge in [-0.05, 0) is 44.0 Å². The van der Waals surface area contributed by atoms with Gasteiger partial charge in [-0.15, -0.1) is 11.3 Å². The third-order valence-corrected chi connectivity index (χ3v) is 7.53. The standard InChI is InChI=1S/C27H28N4OS/c1-18-9-11-22(12-10-18)27(32)31-15-13-30(14-16-31)25-24-19(2)20(3)33-26(24)29-23(28-25)17-21-7-5-4-6-8-21/h4-12H,13-17H2,1-3H3. The van der Waals surface area contributed by atoms with E-state index in [1.54, 1.807) is 11.3 Å². The zero-order valence-electron chi connectivity index (χ0n) is 19.3. The normalized spacial score (nSPS) is 14.2. The summed E-state index contributed by atoms with van der Waals surface area (Å²) in [6.45, 7) is 9.26. The Balaban J connectivity index is 1.41. The Morgan fingerprint density at radius 1 is 0.909 bits per heavy atom. The van der Waals surface area contributed by atoms with Crippen molar-refractivity contribution in [1.82, 2.24) is 14.9 Å². The third kappa shape index (κ3) is 4.35. The SMILES string of the molecule is Cc1ccc(C(=O)N2CCN(c3nc(Cc4ccccc4)nc4sc(C)c(C)c34)CC2)cc1. The molecule has 1 amide bonds. The lowest BCUT2D eigenvalue weighted by molar-refractivity contribution is 0.0746. The van der Waals surface area contributed by atoms with Crippen LogP contribution in [-0.4, -0.2) is 47.0 Å². The maximum atomic E-state index is 13.0. The minimum Gasteiger partial charge on any atom is -0.352 e. The fourth-order valence-corrected chi connectivity index (χ4v) is 5.40. The van der Waals surface area contributed by atoms with Gasteiger partial charge in [0.1, 0.15) is 16.5 Å². The molecule has 0 saturated carbocycles. The minimum absolute atomic E-state index is 0.106. The van der Waals surface area contributed by atoms with E-state index in [-0.39, 0.29) is 5.91 Å². The van der Waals surface area contributed by atoms with Crippen LogP contribution in [0.15, 0.2) is 54.6 Å². The van der Waals surface area contributed by atoms with Crippen LogP contribution in [0, 0.1) is 20.8 Å². The lowest BCUT2D eigenvalue weighted by Crippen LogP contribution is -2.49. The van der Waals surface area contributed by atoms with E-state index in [9.17, 15) is 4.79 Å². The summed E-state index contributed by atoms with van der Waals surface area (Å²) in [4.78, 5) is 29.6. The number of carbonyl (C=O) groups is 1. The number of rotatable bonds is 4. The first kappa shape index (κ1) is 21.6. The van der Waals surface area contributed by atoms with Gasteiger partial charge in [0.2, 0.25) is 0 Å². The molecule has 0 radical (unpaired) electrons. The number of benzene rings is 2. The van der Waals surface area contributed by atoms with Crippen molar-refractivity contribution in [1.29, 1.82) is 0 Å². The Kier molecular flexibility index (Phi) is 5.85. The molecule has 1 fully saturated rings. The molecule has 33 heavy (non-hydrogen) atoms. The van der Waals surface area contributed by atoms with Gasteiger partial charge in [-0.25, -0.2) is 9.97 Å². The predicted molar refractivity (Wildman–Crippen MR) is 135 cm³/mol. The molecule has 5 rings (SSSR count). The highest BCUT2D eigenvalue weighted by atomic mass is 32.1. The summed E-state index contributed by atoms with van der Waals surface area (Å²) < 4.78 is 0. The number of hydrogen-bond acceptors (Lipinski definition) is 5. The van der Waals surface area contributed by atoms with Crippen LogP contribution in [0.4, 0.5) is 5.82 Å². The average molecular weight is 457 g/mol. The van der Waals surface area contributed by atoms with E-state index in [4.69, 9.17) is 9.97 Å². The molecular weight excluding hydrogens is 428 g/mol. The first-order valence-corrected chi connectivity index (χ1v) is 12.2. The quantitative estimate of drug-likeness (QED) is 0.425. The number of anilines is 1. The number of piperazine rings is 1. The molecule has 0 N–H and O–H groups in total. The molecule has 1 aliphatic rings. The summed E-state index contributed by atoms with van der Waals surface area (Å²) in [5, 5.41) is 1.16. The fourth-order valence-electron chi connectivity index (χ4n) is 4.36. The Labute approximate surface area is 198 Å². The van der Waals surface area contributed by atoms with E-state index in [2.05, 4.69) is 43.0 Å². The lowest BCUT2D eigenvalue weighted by Gasteiger charge is -2.36. The molecule has 0 unspecified atom stereocenters. The van der Waals surface area contributed by atoms with Gasteiger partial charge >= 0.3 is 0 Å². The highest BCUT2D eigenvalue weighted by Gasteiger charge is 2.26. The zero-order chi connectivity index (χ0) is 22.9. The van der Waals surface area contributed by atoms with Crippen LogP contribution in [0.2, 0.25) is 0 Å². The van der Waals surface area contributed by atoms with E-state index in [1.807, 2.05) is 42.2 Å². The summed E-state index contributed by atoms with van der Waals surface area (Å²) in [6, 6.07) is 18.2. The molecule has 3 heterocycles. The fraction of sp³-hybridized carbons (Fsp3) is 0.296. The number of aryl methyl sites for hydroxylation is 3. The van der Waals surface area contributed by atoms with Crippen molar-refractivity contribution in [2.45, 2.75) is 27.2 Å². The first-order chi connectivity index (χ1) is 16.0. The number of thiophene rings is 1. The van der Waals surface area contributed by atoms with Gasteiger partial charge in [0.25, 0.3) is 5.91 Å². The number of hydrogen-bond donors (Lipinski definition) is 0. The van der Waals surface area contributed by atoms with Crippen LogP contribution in [0.5, 0.6) is 0 Å². The van der Waals surface area contributed by atoms with Crippen molar-refractivity contribution in [2.75, 3.05) is 31.1 Å². The topological polar surface area (TPSA) is 49.3 Å². The maximum absolute atomic E-state index is 13.0. The van der Waals surface area contributed by atoms with Crippen LogP contribution < -0.4 is 4.90 Å². The summed E-state index contributed by atoms with van der Waals surface area (Å²) >= 11 is 1.74. The molecule has 4 aromatic rings. The van der Waals surface area contributed by atoms with Crippen molar-refractivity contribution >= 4 is 33.3 Å². The predicted octanol–water partition coefficient (Wildman–Crippen LogP) is 5.17. The second kappa shape index (κ2) is 8.94. The van der Waals surface area contributed by atoms with Crippen molar-refractivity contribution in [3.63, 3.8) is 0 Å². The highest BCUT2D eigenvalue weighted by Crippen LogP contribution is 2.35. The van der Waals surface area contributed by atoms with Crippen LogP contribution in [-0.2, 0) is 6.42 Å². The van der Waals surface area contributed by atoms with Gasteiger partial charge < -0.3 is 9.80 Å². The largest absolute Gasteiger partial charge is 0.352 e. The molecule has 0 aliphatic carbocycles. The molecule has 2 aromatic heterocycles. The minimum atomic E-state index is 0.106. The molecule has 2 aromatic carbocycles. The molecule has 5 nitrogen and oxygen atoms in total. The van der Waals surface area contributed by atoms with Gasteiger partial charge in [0, 0.05) is 43.0 Å². The second-order valence-electron chi connectivity index (χ2n) is 8.73. The van der Waals surface area contributed by atoms with Crippen LogP contribution in [0.25, 0.3) is 10.2 Å². The van der Waals surface area contributed by atoms with Gasteiger partial charge in [0.15, 0.2) is 0 Å². The van der Waals surface area contributed by atoms with Crippen LogP contribution in [0.3, 0.4) is 0 Å². The van der Waals surface area contributed by atoms with E-state index < -0.39 is 0 Å². The van der Waals surface area contributed by atoms with Crippen molar-refractivity contribution < 1.29 is 4.79 Å². The van der Waals surface area contributed by atoms with E-state index >= 15 is 0 Å². The van der Waals surface area contributed by atoms with Gasteiger partial charge in [-0.1, -0.05) is 48.0 Å². The Bertz CT molecular complexity index is 1290. The van der Waals surface area contributed by atoms with Gasteiger partial charge in [0.05, 0.1) is 5.39 Å². The zero-order valence-corrected chi connectivity index (χ0v) is 20.2. The molecule has 0 bridgehead atoms. The molecule has 0 spiro atoms. The van der Waals surface area contributed by atoms with Crippen LogP contribution >= 0.6 is 11.3 Å². The Hall–Kier alpha value is -3.25. The Morgan fingerprint density at radius 3 is 2.30 bits per heavy atom. The summed E-state index contributed by atoms with van der Waals surface area (Å²) in [5.74, 6) is 1.97. The van der Waals surface area contributed by atoms with Gasteiger partial charge in [-0.2, -0.15) is 0 Å². The van der Waals surface area contributed by atoms with E-state index in [0.29, 0.717) is 19.5 Å². The molecule has 1 aliphatic heterocycles. The summed E-state index contributed by atoms with van der Waals surface area (Å²) in [6.07, 6.45) is 0.714. The smallest absolute Gasteiger partial charge is 0.253 e. The number of aromatic nitrogens is 2. The van der Waals surface area contributed by atoms with Gasteiger partial charge in [-0.3, -0.25) is 4.79 Å². The molecule has 0 atom stereocenters.